The number of aromatic carboxylic acids is 2. The molecule has 4 rings (SSSR count). The number of benzene rings is 4. The number of phenols is 2. The summed E-state index contributed by atoms with van der Waals surface area (Å²) in [6.45, 7) is 0. The summed E-state index contributed by atoms with van der Waals surface area (Å²) >= 11 is 0. The molecule has 6 heteroatoms. The molecular weight excluding hydrogens is 372 g/mol. The second-order valence-electron chi connectivity index (χ2n) is 6.73. The summed E-state index contributed by atoms with van der Waals surface area (Å²) in [7, 11) is 0. The Labute approximate surface area is 164 Å². The Morgan fingerprint density at radius 1 is 0.655 bits per heavy atom. The normalized spacial score (nSPS) is 11.0. The lowest BCUT2D eigenvalue weighted by Gasteiger charge is -2.16. The standard InChI is InChI=1S/C23H16O6/c24-18-9-12-5-1-3-7-14(12)20(22(26)27)16(18)11-17-19(25)10-13-6-2-4-8-15(13)21(17)23(28)29/h1-10,24-25H,11H2,(H,26,27)(H,28,29). The molecule has 0 saturated heterocycles. The van der Waals surface area contributed by atoms with Crippen molar-refractivity contribution in [1.82, 2.24) is 0 Å². The van der Waals surface area contributed by atoms with Crippen LogP contribution in [0.2, 0.25) is 0 Å². The summed E-state index contributed by atoms with van der Waals surface area (Å²) in [5.41, 5.74) is -0.150. The van der Waals surface area contributed by atoms with E-state index in [2.05, 4.69) is 0 Å². The molecular formula is C23H16O6. The van der Waals surface area contributed by atoms with Crippen LogP contribution in [-0.2, 0) is 6.42 Å². The Balaban J connectivity index is 2.02. The maximum atomic E-state index is 12.0. The Morgan fingerprint density at radius 2 is 1.03 bits per heavy atom. The second-order valence-corrected chi connectivity index (χ2v) is 6.73. The highest BCUT2D eigenvalue weighted by Crippen LogP contribution is 2.37. The number of phenolic OH excluding ortho intramolecular Hbond substituents is 2. The molecule has 0 aliphatic heterocycles. The number of rotatable bonds is 4. The molecule has 6 nitrogen and oxygen atoms in total. The third kappa shape index (κ3) is 3.00. The Kier molecular flexibility index (Phi) is 4.31. The van der Waals surface area contributed by atoms with Crippen LogP contribution >= 0.6 is 0 Å². The van der Waals surface area contributed by atoms with Gasteiger partial charge in [-0.15, -0.1) is 0 Å². The van der Waals surface area contributed by atoms with Gasteiger partial charge in [-0.1, -0.05) is 48.5 Å². The lowest BCUT2D eigenvalue weighted by atomic mass is 9.89. The van der Waals surface area contributed by atoms with E-state index in [1.165, 1.54) is 12.1 Å². The summed E-state index contributed by atoms with van der Waals surface area (Å²) < 4.78 is 0. The average Bonchev–Trinajstić information content (AvgIpc) is 2.68. The highest BCUT2D eigenvalue weighted by atomic mass is 16.4. The van der Waals surface area contributed by atoms with Crippen molar-refractivity contribution in [3.05, 3.63) is 82.9 Å². The van der Waals surface area contributed by atoms with Gasteiger partial charge in [-0.25, -0.2) is 9.59 Å². The van der Waals surface area contributed by atoms with Crippen molar-refractivity contribution < 1.29 is 30.0 Å². The third-order valence-electron chi connectivity index (χ3n) is 5.05. The smallest absolute Gasteiger partial charge is 0.336 e. The minimum atomic E-state index is -1.25. The zero-order valence-corrected chi connectivity index (χ0v) is 15.1. The first-order valence-electron chi connectivity index (χ1n) is 8.82. The van der Waals surface area contributed by atoms with Crippen LogP contribution in [0.25, 0.3) is 21.5 Å². The highest BCUT2D eigenvalue weighted by molar-refractivity contribution is 6.08. The molecule has 144 valence electrons. The molecule has 0 bridgehead atoms. The number of hydrogen-bond donors (Lipinski definition) is 4. The van der Waals surface area contributed by atoms with Gasteiger partial charge < -0.3 is 20.4 Å². The molecule has 0 aliphatic carbocycles. The molecule has 4 aromatic carbocycles. The van der Waals surface area contributed by atoms with Crippen LogP contribution in [0.3, 0.4) is 0 Å². The van der Waals surface area contributed by atoms with Gasteiger partial charge in [0.25, 0.3) is 0 Å². The first-order valence-corrected chi connectivity index (χ1v) is 8.82. The molecule has 0 spiro atoms. The monoisotopic (exact) mass is 388 g/mol. The lowest BCUT2D eigenvalue weighted by molar-refractivity contribution is 0.0688. The SMILES string of the molecule is O=C(O)c1c(Cc2c(O)cc3ccccc3c2C(=O)O)c(O)cc2ccccc12. The van der Waals surface area contributed by atoms with E-state index in [4.69, 9.17) is 0 Å². The molecule has 0 amide bonds. The molecule has 0 atom stereocenters. The predicted octanol–water partition coefficient (Wildman–Crippen LogP) is 4.39. The summed E-state index contributed by atoms with van der Waals surface area (Å²) in [6.07, 6.45) is -0.253. The highest BCUT2D eigenvalue weighted by Gasteiger charge is 2.24. The summed E-state index contributed by atoms with van der Waals surface area (Å²) in [5.74, 6) is -3.04. The van der Waals surface area contributed by atoms with Crippen LogP contribution in [-0.4, -0.2) is 32.4 Å². The van der Waals surface area contributed by atoms with Gasteiger partial charge in [0.15, 0.2) is 0 Å². The molecule has 0 unspecified atom stereocenters. The quantitative estimate of drug-likeness (QED) is 0.412. The van der Waals surface area contributed by atoms with Gasteiger partial charge in [0.2, 0.25) is 0 Å². The lowest BCUT2D eigenvalue weighted by Crippen LogP contribution is -2.09. The first-order chi connectivity index (χ1) is 13.9. The van der Waals surface area contributed by atoms with Gasteiger partial charge in [0.05, 0.1) is 11.1 Å². The topological polar surface area (TPSA) is 115 Å². The summed E-state index contributed by atoms with van der Waals surface area (Å²) in [4.78, 5) is 24.0. The molecule has 0 fully saturated rings. The van der Waals surface area contributed by atoms with Crippen LogP contribution in [0.15, 0.2) is 60.7 Å². The fourth-order valence-corrected chi connectivity index (χ4v) is 3.77. The van der Waals surface area contributed by atoms with Crippen molar-refractivity contribution in [3.8, 4) is 11.5 Å². The van der Waals surface area contributed by atoms with Gasteiger partial charge in [0.1, 0.15) is 11.5 Å². The van der Waals surface area contributed by atoms with Crippen molar-refractivity contribution in [2.75, 3.05) is 0 Å². The number of fused-ring (bicyclic) bond motifs is 2. The third-order valence-corrected chi connectivity index (χ3v) is 5.05. The molecule has 0 saturated carbocycles. The van der Waals surface area contributed by atoms with E-state index in [0.29, 0.717) is 21.5 Å². The van der Waals surface area contributed by atoms with E-state index in [0.717, 1.165) is 0 Å². The number of carboxylic acid groups (broad SMARTS) is 2. The van der Waals surface area contributed by atoms with E-state index in [9.17, 15) is 30.0 Å². The minimum Gasteiger partial charge on any atom is -0.508 e. The zero-order valence-electron chi connectivity index (χ0n) is 15.1. The predicted molar refractivity (Wildman–Crippen MR) is 108 cm³/mol. The van der Waals surface area contributed by atoms with Gasteiger partial charge in [-0.2, -0.15) is 0 Å². The van der Waals surface area contributed by atoms with E-state index in [1.807, 2.05) is 0 Å². The molecule has 0 radical (unpaired) electrons. The minimum absolute atomic E-state index is 0.0456. The van der Waals surface area contributed by atoms with Gasteiger partial charge in [-0.05, 0) is 33.7 Å². The van der Waals surface area contributed by atoms with E-state index in [1.54, 1.807) is 48.5 Å². The van der Waals surface area contributed by atoms with Gasteiger partial charge >= 0.3 is 11.9 Å². The van der Waals surface area contributed by atoms with Crippen LogP contribution < -0.4 is 0 Å². The van der Waals surface area contributed by atoms with E-state index >= 15 is 0 Å². The fraction of sp³-hybridized carbons (Fsp3) is 0.0435. The molecule has 4 N–H and O–H groups in total. The Hall–Kier alpha value is -4.06. The van der Waals surface area contributed by atoms with Gasteiger partial charge in [-0.3, -0.25) is 0 Å². The molecule has 0 aromatic heterocycles. The van der Waals surface area contributed by atoms with E-state index in [-0.39, 0.29) is 40.2 Å². The van der Waals surface area contributed by atoms with Crippen molar-refractivity contribution >= 4 is 33.5 Å². The van der Waals surface area contributed by atoms with Crippen LogP contribution in [0.1, 0.15) is 31.8 Å². The van der Waals surface area contributed by atoms with Crippen molar-refractivity contribution in [1.29, 1.82) is 0 Å². The largest absolute Gasteiger partial charge is 0.508 e. The number of hydrogen-bond acceptors (Lipinski definition) is 4. The Morgan fingerprint density at radius 3 is 1.41 bits per heavy atom. The second kappa shape index (κ2) is 6.83. The maximum absolute atomic E-state index is 12.0. The zero-order chi connectivity index (χ0) is 20.7. The fourth-order valence-electron chi connectivity index (χ4n) is 3.77. The molecule has 0 heterocycles. The summed E-state index contributed by atoms with van der Waals surface area (Å²) in [5, 5.41) is 42.6. The number of aromatic hydroxyl groups is 2. The number of carboxylic acids is 2. The molecule has 29 heavy (non-hydrogen) atoms. The van der Waals surface area contributed by atoms with Crippen molar-refractivity contribution in [3.63, 3.8) is 0 Å². The number of carbonyl (C=O) groups is 2. The van der Waals surface area contributed by atoms with Crippen LogP contribution in [0.4, 0.5) is 0 Å². The molecule has 4 aromatic rings. The molecule has 0 aliphatic rings. The maximum Gasteiger partial charge on any atom is 0.336 e. The summed E-state index contributed by atoms with van der Waals surface area (Å²) in [6, 6.07) is 16.3. The average molecular weight is 388 g/mol. The first kappa shape index (κ1) is 18.3. The van der Waals surface area contributed by atoms with Crippen LogP contribution in [0, 0.1) is 0 Å². The van der Waals surface area contributed by atoms with Crippen molar-refractivity contribution in [2.24, 2.45) is 0 Å². The van der Waals surface area contributed by atoms with Crippen molar-refractivity contribution in [2.45, 2.75) is 6.42 Å². The van der Waals surface area contributed by atoms with Gasteiger partial charge in [0, 0.05) is 17.5 Å². The Bertz CT molecular complexity index is 1200. The van der Waals surface area contributed by atoms with E-state index < -0.39 is 11.9 Å². The van der Waals surface area contributed by atoms with Crippen LogP contribution in [0.5, 0.6) is 11.5 Å².